The van der Waals surface area contributed by atoms with E-state index < -0.39 is 0 Å². The zero-order valence-electron chi connectivity index (χ0n) is 19.0. The molecule has 2 aliphatic rings. The number of unbranched alkanes of at least 4 members (excludes halogenated alkanes) is 2. The third-order valence-electron chi connectivity index (χ3n) is 5.64. The normalized spacial score (nSPS) is 15.9. The Morgan fingerprint density at radius 1 is 1.06 bits per heavy atom. The highest BCUT2D eigenvalue weighted by atomic mass is 32.2. The van der Waals surface area contributed by atoms with Gasteiger partial charge in [0.05, 0.1) is 5.69 Å². The zero-order valence-corrected chi connectivity index (χ0v) is 19.8. The average molecular weight is 475 g/mol. The van der Waals surface area contributed by atoms with Crippen LogP contribution in [0.1, 0.15) is 30.4 Å². The highest BCUT2D eigenvalue weighted by molar-refractivity contribution is 8.14. The summed E-state index contributed by atoms with van der Waals surface area (Å²) in [5, 5.41) is 4.96. The number of hydrogen-bond acceptors (Lipinski definition) is 6. The number of amidine groups is 1. The van der Waals surface area contributed by atoms with Gasteiger partial charge in [0.25, 0.3) is 5.91 Å². The molecule has 1 aromatic heterocycles. The molecular weight excluding hydrogens is 448 g/mol. The SMILES string of the molecule is Cc1ccc(N2C(=O)/C(=C/c3ccc4c(c3)OCO4)N=C2SCCCCCn2cccn2)cc1. The molecule has 0 spiro atoms. The van der Waals surface area contributed by atoms with Crippen molar-refractivity contribution < 1.29 is 14.3 Å². The molecule has 34 heavy (non-hydrogen) atoms. The van der Waals surface area contributed by atoms with Crippen LogP contribution in [0.5, 0.6) is 11.5 Å². The molecule has 3 aromatic rings. The van der Waals surface area contributed by atoms with E-state index in [1.165, 1.54) is 0 Å². The molecule has 0 atom stereocenters. The number of nitrogens with zero attached hydrogens (tertiary/aromatic N) is 4. The van der Waals surface area contributed by atoms with Crippen molar-refractivity contribution in [2.75, 3.05) is 17.4 Å². The Kier molecular flexibility index (Phi) is 6.67. The van der Waals surface area contributed by atoms with Gasteiger partial charge in [-0.05, 0) is 61.7 Å². The van der Waals surface area contributed by atoms with Gasteiger partial charge in [0.15, 0.2) is 16.7 Å². The van der Waals surface area contributed by atoms with E-state index in [-0.39, 0.29) is 12.7 Å². The van der Waals surface area contributed by atoms with Crippen molar-refractivity contribution in [1.29, 1.82) is 0 Å². The molecule has 0 N–H and O–H groups in total. The maximum Gasteiger partial charge on any atom is 0.283 e. The Morgan fingerprint density at radius 2 is 1.91 bits per heavy atom. The fraction of sp³-hybridized carbons (Fsp3) is 0.269. The predicted molar refractivity (Wildman–Crippen MR) is 135 cm³/mol. The van der Waals surface area contributed by atoms with Gasteiger partial charge >= 0.3 is 0 Å². The van der Waals surface area contributed by atoms with Crippen LogP contribution in [0.25, 0.3) is 6.08 Å². The van der Waals surface area contributed by atoms with Crippen LogP contribution in [0.4, 0.5) is 5.69 Å². The predicted octanol–water partition coefficient (Wildman–Crippen LogP) is 5.27. The lowest BCUT2D eigenvalue weighted by Crippen LogP contribution is -2.30. The summed E-state index contributed by atoms with van der Waals surface area (Å²) < 4.78 is 12.8. The monoisotopic (exact) mass is 474 g/mol. The minimum absolute atomic E-state index is 0.122. The van der Waals surface area contributed by atoms with Gasteiger partial charge in [0.1, 0.15) is 5.70 Å². The molecule has 2 aromatic carbocycles. The highest BCUT2D eigenvalue weighted by Gasteiger charge is 2.32. The van der Waals surface area contributed by atoms with Gasteiger partial charge in [-0.1, -0.05) is 41.9 Å². The Bertz CT molecular complexity index is 1220. The summed E-state index contributed by atoms with van der Waals surface area (Å²) in [7, 11) is 0. The molecule has 5 rings (SSSR count). The van der Waals surface area contributed by atoms with E-state index >= 15 is 0 Å². The molecule has 7 nitrogen and oxygen atoms in total. The first-order valence-corrected chi connectivity index (χ1v) is 12.4. The number of amides is 1. The third-order valence-corrected chi connectivity index (χ3v) is 6.67. The lowest BCUT2D eigenvalue weighted by atomic mass is 10.1. The molecule has 3 heterocycles. The summed E-state index contributed by atoms with van der Waals surface area (Å²) >= 11 is 1.62. The summed E-state index contributed by atoms with van der Waals surface area (Å²) in [6.07, 6.45) is 8.81. The first-order chi connectivity index (χ1) is 16.7. The maximum absolute atomic E-state index is 13.4. The number of carbonyl (C=O) groups is 1. The largest absolute Gasteiger partial charge is 0.454 e. The molecule has 0 radical (unpaired) electrons. The van der Waals surface area contributed by atoms with E-state index in [4.69, 9.17) is 14.5 Å². The van der Waals surface area contributed by atoms with E-state index in [0.29, 0.717) is 22.4 Å². The van der Waals surface area contributed by atoms with Gasteiger partial charge in [-0.2, -0.15) is 5.10 Å². The third kappa shape index (κ3) is 5.02. The number of ether oxygens (including phenoxy) is 2. The number of anilines is 1. The molecule has 0 fully saturated rings. The van der Waals surface area contributed by atoms with Gasteiger partial charge in [-0.15, -0.1) is 0 Å². The van der Waals surface area contributed by atoms with Crippen LogP contribution in [0.2, 0.25) is 0 Å². The summed E-state index contributed by atoms with van der Waals surface area (Å²) in [6, 6.07) is 15.5. The average Bonchev–Trinajstić information content (AvgIpc) is 3.58. The topological polar surface area (TPSA) is 69.0 Å². The molecule has 0 bridgehead atoms. The molecule has 0 saturated heterocycles. The van der Waals surface area contributed by atoms with Crippen LogP contribution >= 0.6 is 11.8 Å². The lowest BCUT2D eigenvalue weighted by molar-refractivity contribution is -0.113. The van der Waals surface area contributed by atoms with Crippen LogP contribution in [0.3, 0.4) is 0 Å². The van der Waals surface area contributed by atoms with Crippen LogP contribution in [-0.2, 0) is 11.3 Å². The van der Waals surface area contributed by atoms with Crippen molar-refractivity contribution in [3.63, 3.8) is 0 Å². The number of fused-ring (bicyclic) bond motifs is 1. The van der Waals surface area contributed by atoms with Crippen LogP contribution in [0.15, 0.2) is 71.6 Å². The van der Waals surface area contributed by atoms with Gasteiger partial charge in [-0.3, -0.25) is 14.4 Å². The standard InChI is InChI=1S/C26H26N4O3S/c1-19-6-9-21(10-7-19)30-25(31)22(16-20-8-11-23-24(17-20)33-18-32-23)28-26(30)34-15-4-2-3-13-29-14-5-12-27-29/h5-12,14,16-17H,2-4,13,15,18H2,1H3/b22-16-. The molecule has 0 saturated carbocycles. The van der Waals surface area contributed by atoms with E-state index in [2.05, 4.69) is 5.10 Å². The quantitative estimate of drug-likeness (QED) is 0.329. The lowest BCUT2D eigenvalue weighted by Gasteiger charge is -2.18. The zero-order chi connectivity index (χ0) is 23.3. The molecular formula is C26H26N4O3S. The number of aryl methyl sites for hydroxylation is 2. The van der Waals surface area contributed by atoms with Crippen LogP contribution in [-0.4, -0.2) is 33.4 Å². The minimum atomic E-state index is -0.122. The van der Waals surface area contributed by atoms with Crippen LogP contribution < -0.4 is 14.4 Å². The Labute approximate surface area is 203 Å². The number of aliphatic imine (C=N–C) groups is 1. The Hall–Kier alpha value is -3.52. The number of thioether (sulfide) groups is 1. The smallest absolute Gasteiger partial charge is 0.283 e. The maximum atomic E-state index is 13.4. The molecule has 174 valence electrons. The van der Waals surface area contributed by atoms with Crippen molar-refractivity contribution in [2.45, 2.75) is 32.7 Å². The summed E-state index contributed by atoms with van der Waals surface area (Å²) in [5.41, 5.74) is 3.25. The second-order valence-electron chi connectivity index (χ2n) is 8.19. The Morgan fingerprint density at radius 3 is 2.74 bits per heavy atom. The fourth-order valence-corrected chi connectivity index (χ4v) is 4.84. The van der Waals surface area contributed by atoms with E-state index in [0.717, 1.165) is 48.4 Å². The van der Waals surface area contributed by atoms with Crippen molar-refractivity contribution in [3.05, 3.63) is 77.7 Å². The number of rotatable bonds is 8. The fourth-order valence-electron chi connectivity index (χ4n) is 3.82. The molecule has 0 unspecified atom stereocenters. The second-order valence-corrected chi connectivity index (χ2v) is 9.25. The van der Waals surface area contributed by atoms with Crippen LogP contribution in [0, 0.1) is 6.92 Å². The van der Waals surface area contributed by atoms with Crippen molar-refractivity contribution in [3.8, 4) is 11.5 Å². The molecule has 8 heteroatoms. The van der Waals surface area contributed by atoms with Gasteiger partial charge in [-0.25, -0.2) is 4.99 Å². The highest BCUT2D eigenvalue weighted by Crippen LogP contribution is 2.34. The van der Waals surface area contributed by atoms with Gasteiger partial charge in [0.2, 0.25) is 6.79 Å². The Balaban J connectivity index is 1.29. The summed E-state index contributed by atoms with van der Waals surface area (Å²) in [5.74, 6) is 2.17. The molecule has 1 amide bonds. The number of hydrogen-bond donors (Lipinski definition) is 0. The summed E-state index contributed by atoms with van der Waals surface area (Å²) in [6.45, 7) is 3.18. The first kappa shape index (κ1) is 22.3. The van der Waals surface area contributed by atoms with Gasteiger partial charge < -0.3 is 9.47 Å². The van der Waals surface area contributed by atoms with Crippen molar-refractivity contribution in [2.24, 2.45) is 4.99 Å². The minimum Gasteiger partial charge on any atom is -0.454 e. The molecule has 0 aliphatic carbocycles. The van der Waals surface area contributed by atoms with E-state index in [9.17, 15) is 4.79 Å². The second kappa shape index (κ2) is 10.2. The number of carbonyl (C=O) groups excluding carboxylic acids is 1. The van der Waals surface area contributed by atoms with Crippen molar-refractivity contribution >= 4 is 34.6 Å². The number of aromatic nitrogens is 2. The molecule has 2 aliphatic heterocycles. The first-order valence-electron chi connectivity index (χ1n) is 11.4. The summed E-state index contributed by atoms with van der Waals surface area (Å²) in [4.78, 5) is 19.8. The van der Waals surface area contributed by atoms with E-state index in [1.807, 2.05) is 72.4 Å². The van der Waals surface area contributed by atoms with Crippen molar-refractivity contribution in [1.82, 2.24) is 9.78 Å². The van der Waals surface area contributed by atoms with E-state index in [1.54, 1.807) is 22.9 Å². The van der Waals surface area contributed by atoms with Gasteiger partial charge in [0, 0.05) is 24.7 Å². The number of benzene rings is 2.